The van der Waals surface area contributed by atoms with E-state index in [-0.39, 0.29) is 17.7 Å². The zero-order valence-electron chi connectivity index (χ0n) is 21.5. The first-order valence-corrected chi connectivity index (χ1v) is 14.2. The number of anilines is 1. The predicted molar refractivity (Wildman–Crippen MR) is 139 cm³/mol. The number of carbonyl (C=O) groups excluding carboxylic acids is 1. The van der Waals surface area contributed by atoms with E-state index in [0.29, 0.717) is 11.2 Å². The molecule has 0 amide bonds. The third kappa shape index (κ3) is 5.40. The molecule has 1 saturated heterocycles. The van der Waals surface area contributed by atoms with Crippen molar-refractivity contribution >= 4 is 25.1 Å². The number of nitrogens with zero attached hydrogens (tertiary/aromatic N) is 4. The fraction of sp³-hybridized carbons (Fsp3) is 0.440. The summed E-state index contributed by atoms with van der Waals surface area (Å²) in [6.45, 7) is 0.650. The summed E-state index contributed by atoms with van der Waals surface area (Å²) >= 11 is 0. The van der Waals surface area contributed by atoms with Gasteiger partial charge in [0.1, 0.15) is 60.7 Å². The van der Waals surface area contributed by atoms with E-state index in [9.17, 15) is 24.8 Å². The topological polar surface area (TPSA) is 204 Å². The summed E-state index contributed by atoms with van der Waals surface area (Å²) in [5, 5.41) is 38.5. The number of hydrogen-bond donors (Lipinski definition) is 4. The minimum atomic E-state index is -4.38. The lowest BCUT2D eigenvalue weighted by atomic mass is 9.96. The monoisotopic (exact) mass is 572 g/mol. The van der Waals surface area contributed by atoms with Crippen molar-refractivity contribution in [1.82, 2.24) is 19.7 Å². The van der Waals surface area contributed by atoms with Gasteiger partial charge in [0.05, 0.1) is 5.69 Å². The van der Waals surface area contributed by atoms with Crippen LogP contribution in [0.3, 0.4) is 0 Å². The molecule has 2 aliphatic rings. The lowest BCUT2D eigenvalue weighted by Crippen LogP contribution is -2.46. The van der Waals surface area contributed by atoms with Gasteiger partial charge < -0.3 is 29.9 Å². The van der Waals surface area contributed by atoms with E-state index in [1.54, 1.807) is 30.3 Å². The number of nitriles is 1. The van der Waals surface area contributed by atoms with Crippen LogP contribution in [0.2, 0.25) is 0 Å². The van der Waals surface area contributed by atoms with Gasteiger partial charge in [-0.1, -0.05) is 18.2 Å². The molecule has 3 aromatic rings. The highest BCUT2D eigenvalue weighted by Gasteiger charge is 2.57. The summed E-state index contributed by atoms with van der Waals surface area (Å²) < 4.78 is 37.8. The van der Waals surface area contributed by atoms with E-state index in [1.165, 1.54) is 29.9 Å². The Hall–Kier alpha value is -3.57. The molecule has 2 fully saturated rings. The lowest BCUT2D eigenvalue weighted by molar-refractivity contribution is -0.154. The van der Waals surface area contributed by atoms with Crippen LogP contribution < -0.4 is 15.3 Å². The number of esters is 1. The number of carbonyl (C=O) groups is 1. The number of hydrogen-bond acceptors (Lipinski definition) is 12. The first kappa shape index (κ1) is 28.0. The van der Waals surface area contributed by atoms with Crippen molar-refractivity contribution in [2.75, 3.05) is 12.3 Å². The molecule has 5 N–H and O–H groups in total. The standard InChI is InChI=1S/C25H29N6O8P/c1-15(24(34)37-16-8-5-9-16)30-40(35,39-17-6-3-2-4-7-17)36-13-25(12-26)22(33)20(32)21(38-25)18-10-11-19-23(27)28-14-29-31(18)19/h2-4,6-7,10-11,14-16,20-22,32-33H,5,8-9,13H2,1H3,(H,30,35)(H2,27,28,29)/t15-,20+,21-,22-,25+,40?/m0/s1. The van der Waals surface area contributed by atoms with Crippen molar-refractivity contribution in [3.8, 4) is 11.8 Å². The Balaban J connectivity index is 1.37. The van der Waals surface area contributed by atoms with Gasteiger partial charge in [-0.05, 0) is 50.5 Å². The molecule has 1 saturated carbocycles. The molecule has 1 aliphatic carbocycles. The van der Waals surface area contributed by atoms with Crippen LogP contribution in [0.15, 0.2) is 48.8 Å². The van der Waals surface area contributed by atoms with Crippen molar-refractivity contribution in [2.24, 2.45) is 0 Å². The third-order valence-electron chi connectivity index (χ3n) is 6.90. The quantitative estimate of drug-likeness (QED) is 0.202. The van der Waals surface area contributed by atoms with Crippen LogP contribution in [0.1, 0.15) is 38.0 Å². The van der Waals surface area contributed by atoms with Crippen LogP contribution in [0.5, 0.6) is 5.75 Å². The fourth-order valence-corrected chi connectivity index (χ4v) is 5.93. The zero-order valence-corrected chi connectivity index (χ0v) is 22.4. The van der Waals surface area contributed by atoms with Gasteiger partial charge in [0.2, 0.25) is 5.60 Å². The van der Waals surface area contributed by atoms with Crippen molar-refractivity contribution < 1.29 is 38.1 Å². The van der Waals surface area contributed by atoms with Crippen LogP contribution in [-0.4, -0.2) is 67.3 Å². The number of ether oxygens (including phenoxy) is 2. The van der Waals surface area contributed by atoms with Gasteiger partial charge in [-0.2, -0.15) is 15.4 Å². The Labute approximate surface area is 229 Å². The first-order chi connectivity index (χ1) is 19.1. The fourth-order valence-electron chi connectivity index (χ4n) is 4.41. The average Bonchev–Trinajstić information content (AvgIpc) is 3.46. The molecule has 40 heavy (non-hydrogen) atoms. The van der Waals surface area contributed by atoms with Gasteiger partial charge in [0, 0.05) is 0 Å². The molecule has 212 valence electrons. The highest BCUT2D eigenvalue weighted by atomic mass is 31.2. The molecule has 0 bridgehead atoms. The molecule has 0 spiro atoms. The molecular weight excluding hydrogens is 543 g/mol. The number of aromatic nitrogens is 3. The molecule has 0 radical (unpaired) electrons. The van der Waals surface area contributed by atoms with Gasteiger partial charge in [-0.15, -0.1) is 0 Å². The SMILES string of the molecule is C[C@H](NP(=O)(OC[C@@]1(C#N)O[C@@H](c2ccc3c(N)ncnn23)[C@@H](O)[C@@H]1O)Oc1ccccc1)C(=O)OC1CCC1. The summed E-state index contributed by atoms with van der Waals surface area (Å²) in [6.07, 6.45) is -1.10. The van der Waals surface area contributed by atoms with Gasteiger partial charge in [-0.25, -0.2) is 14.1 Å². The number of fused-ring (bicyclic) bond motifs is 1. The number of benzene rings is 1. The second-order valence-corrected chi connectivity index (χ2v) is 11.4. The molecule has 5 rings (SSSR count). The van der Waals surface area contributed by atoms with Crippen molar-refractivity contribution in [3.63, 3.8) is 0 Å². The number of nitrogens with one attached hydrogen (secondary N) is 1. The number of para-hydroxylation sites is 1. The summed E-state index contributed by atoms with van der Waals surface area (Å²) in [5.74, 6) is -0.306. The number of rotatable bonds is 10. The minimum absolute atomic E-state index is 0.159. The normalized spacial score (nSPS) is 26.9. The van der Waals surface area contributed by atoms with Crippen LogP contribution in [0, 0.1) is 11.3 Å². The van der Waals surface area contributed by atoms with Gasteiger partial charge in [-0.3, -0.25) is 9.32 Å². The molecule has 6 atom stereocenters. The van der Waals surface area contributed by atoms with Crippen molar-refractivity contribution in [3.05, 3.63) is 54.5 Å². The molecule has 2 aromatic heterocycles. The number of aliphatic hydroxyl groups excluding tert-OH is 2. The molecule has 1 unspecified atom stereocenters. The van der Waals surface area contributed by atoms with Crippen LogP contribution in [0.25, 0.3) is 5.52 Å². The molecule has 14 nitrogen and oxygen atoms in total. The molecule has 1 aliphatic heterocycles. The van der Waals surface area contributed by atoms with Crippen LogP contribution >= 0.6 is 7.75 Å². The zero-order chi connectivity index (χ0) is 28.5. The highest BCUT2D eigenvalue weighted by molar-refractivity contribution is 7.52. The molecule has 15 heteroatoms. The Bertz CT molecular complexity index is 1460. The lowest BCUT2D eigenvalue weighted by Gasteiger charge is -2.30. The number of nitrogen functional groups attached to an aromatic ring is 1. The van der Waals surface area contributed by atoms with E-state index in [2.05, 4.69) is 15.2 Å². The van der Waals surface area contributed by atoms with Gasteiger partial charge in [0.25, 0.3) is 0 Å². The molecule has 1 aromatic carbocycles. The maximum Gasteiger partial charge on any atom is 0.459 e. The van der Waals surface area contributed by atoms with Crippen molar-refractivity contribution in [2.45, 2.75) is 62.2 Å². The van der Waals surface area contributed by atoms with Crippen molar-refractivity contribution in [1.29, 1.82) is 5.26 Å². The van der Waals surface area contributed by atoms with Gasteiger partial charge >= 0.3 is 13.7 Å². The van der Waals surface area contributed by atoms with E-state index in [1.807, 2.05) is 6.07 Å². The average molecular weight is 573 g/mol. The smallest absolute Gasteiger partial charge is 0.459 e. The Kier molecular flexibility index (Phi) is 7.78. The summed E-state index contributed by atoms with van der Waals surface area (Å²) in [6, 6.07) is 12.0. The van der Waals surface area contributed by atoms with Gasteiger partial charge in [0.15, 0.2) is 5.82 Å². The summed E-state index contributed by atoms with van der Waals surface area (Å²) in [7, 11) is -4.38. The number of aliphatic hydroxyl groups is 2. The van der Waals surface area contributed by atoms with E-state index in [0.717, 1.165) is 19.3 Å². The Morgan fingerprint density at radius 3 is 2.75 bits per heavy atom. The maximum absolute atomic E-state index is 13.9. The maximum atomic E-state index is 13.9. The van der Waals surface area contributed by atoms with Crippen LogP contribution in [-0.2, 0) is 23.4 Å². The minimum Gasteiger partial charge on any atom is -0.461 e. The van der Waals surface area contributed by atoms with Crippen LogP contribution in [0.4, 0.5) is 5.82 Å². The second kappa shape index (κ2) is 11.1. The predicted octanol–water partition coefficient (Wildman–Crippen LogP) is 1.64. The highest BCUT2D eigenvalue weighted by Crippen LogP contribution is 2.48. The van der Waals surface area contributed by atoms with E-state index in [4.69, 9.17) is 24.3 Å². The van der Waals surface area contributed by atoms with E-state index >= 15 is 0 Å². The number of nitrogens with two attached hydrogens (primary N) is 1. The first-order valence-electron chi connectivity index (χ1n) is 12.7. The largest absolute Gasteiger partial charge is 0.461 e. The second-order valence-electron chi connectivity index (χ2n) is 9.69. The molecule has 3 heterocycles. The molecular formula is C25H29N6O8P. The van der Waals surface area contributed by atoms with E-state index < -0.39 is 50.3 Å². The Morgan fingerprint density at radius 2 is 2.08 bits per heavy atom. The third-order valence-corrected chi connectivity index (χ3v) is 8.52. The summed E-state index contributed by atoms with van der Waals surface area (Å²) in [4.78, 5) is 16.5. The Morgan fingerprint density at radius 1 is 1.32 bits per heavy atom. The summed E-state index contributed by atoms with van der Waals surface area (Å²) in [5.41, 5.74) is 4.44.